The second-order valence-electron chi connectivity index (χ2n) is 4.36. The third kappa shape index (κ3) is 1.86. The quantitative estimate of drug-likeness (QED) is 0.615. The molecule has 2 heteroatoms. The standard InChI is InChI=1S/C11H18N2/c12-7-6-10-4-3-9-13-8-2-1-5-11(10)13/h10-11H,1-6,8-9H2/t10-,11+/m0/s1. The van der Waals surface area contributed by atoms with Crippen LogP contribution >= 0.6 is 0 Å². The lowest BCUT2D eigenvalue weighted by Gasteiger charge is -2.43. The lowest BCUT2D eigenvalue weighted by atomic mass is 9.82. The molecule has 2 aliphatic rings. The Bertz CT molecular complexity index is 205. The number of fused-ring (bicyclic) bond motifs is 1. The van der Waals surface area contributed by atoms with Gasteiger partial charge in [-0.15, -0.1) is 0 Å². The molecule has 0 saturated carbocycles. The summed E-state index contributed by atoms with van der Waals surface area (Å²) in [6.45, 7) is 2.57. The zero-order valence-corrected chi connectivity index (χ0v) is 8.21. The monoisotopic (exact) mass is 178 g/mol. The zero-order valence-electron chi connectivity index (χ0n) is 8.21. The molecule has 0 aromatic carbocycles. The normalized spacial score (nSPS) is 35.0. The van der Waals surface area contributed by atoms with Crippen LogP contribution in [0.4, 0.5) is 0 Å². The highest BCUT2D eigenvalue weighted by atomic mass is 15.2. The van der Waals surface area contributed by atoms with Gasteiger partial charge in [0.2, 0.25) is 0 Å². The van der Waals surface area contributed by atoms with Crippen molar-refractivity contribution in [2.24, 2.45) is 5.92 Å². The predicted octanol–water partition coefficient (Wildman–Crippen LogP) is 2.16. The highest BCUT2D eigenvalue weighted by molar-refractivity contribution is 4.91. The second kappa shape index (κ2) is 4.11. The van der Waals surface area contributed by atoms with Crippen molar-refractivity contribution >= 4 is 0 Å². The molecule has 0 bridgehead atoms. The van der Waals surface area contributed by atoms with Crippen molar-refractivity contribution < 1.29 is 0 Å². The van der Waals surface area contributed by atoms with E-state index in [1.54, 1.807) is 0 Å². The lowest BCUT2D eigenvalue weighted by molar-refractivity contribution is 0.0615. The first-order valence-corrected chi connectivity index (χ1v) is 5.53. The van der Waals surface area contributed by atoms with Crippen molar-refractivity contribution in [1.29, 1.82) is 5.26 Å². The van der Waals surface area contributed by atoms with E-state index in [1.165, 1.54) is 45.2 Å². The summed E-state index contributed by atoms with van der Waals surface area (Å²) in [7, 11) is 0. The molecule has 2 heterocycles. The van der Waals surface area contributed by atoms with E-state index in [2.05, 4.69) is 11.0 Å². The number of piperidine rings is 2. The van der Waals surface area contributed by atoms with Crippen molar-refractivity contribution in [2.75, 3.05) is 13.1 Å². The van der Waals surface area contributed by atoms with Crippen LogP contribution in [-0.4, -0.2) is 24.0 Å². The number of rotatable bonds is 1. The second-order valence-corrected chi connectivity index (χ2v) is 4.36. The Balaban J connectivity index is 1.99. The van der Waals surface area contributed by atoms with Crippen molar-refractivity contribution in [3.8, 4) is 6.07 Å². The van der Waals surface area contributed by atoms with Crippen LogP contribution in [0.25, 0.3) is 0 Å². The summed E-state index contributed by atoms with van der Waals surface area (Å²) in [6.07, 6.45) is 7.46. The molecular formula is C11H18N2. The summed E-state index contributed by atoms with van der Waals surface area (Å²) in [4.78, 5) is 2.62. The van der Waals surface area contributed by atoms with E-state index in [-0.39, 0.29) is 0 Å². The first kappa shape index (κ1) is 9.02. The van der Waals surface area contributed by atoms with Gasteiger partial charge < -0.3 is 4.90 Å². The predicted molar refractivity (Wildman–Crippen MR) is 52.2 cm³/mol. The molecular weight excluding hydrogens is 160 g/mol. The molecule has 2 rings (SSSR count). The summed E-state index contributed by atoms with van der Waals surface area (Å²) in [5.41, 5.74) is 0. The lowest BCUT2D eigenvalue weighted by Crippen LogP contribution is -2.47. The number of nitrogens with zero attached hydrogens (tertiary/aromatic N) is 2. The fourth-order valence-electron chi connectivity index (χ4n) is 2.93. The van der Waals surface area contributed by atoms with Gasteiger partial charge in [-0.05, 0) is 44.7 Å². The Labute approximate surface area is 80.5 Å². The molecule has 2 fully saturated rings. The van der Waals surface area contributed by atoms with Crippen LogP contribution in [0.2, 0.25) is 0 Å². The molecule has 0 unspecified atom stereocenters. The van der Waals surface area contributed by atoms with Crippen LogP contribution in [-0.2, 0) is 0 Å². The van der Waals surface area contributed by atoms with E-state index in [1.807, 2.05) is 0 Å². The molecule has 0 aromatic rings. The first-order valence-electron chi connectivity index (χ1n) is 5.53. The molecule has 0 N–H and O–H groups in total. The molecule has 2 aliphatic heterocycles. The third-order valence-corrected chi connectivity index (χ3v) is 3.58. The van der Waals surface area contributed by atoms with Gasteiger partial charge >= 0.3 is 0 Å². The van der Waals surface area contributed by atoms with Gasteiger partial charge in [-0.3, -0.25) is 0 Å². The molecule has 0 radical (unpaired) electrons. The highest BCUT2D eigenvalue weighted by Gasteiger charge is 2.32. The average Bonchev–Trinajstić information content (AvgIpc) is 2.19. The van der Waals surface area contributed by atoms with Crippen LogP contribution < -0.4 is 0 Å². The SMILES string of the molecule is N#CC[C@@H]1CCCN2CCCC[C@H]12. The summed E-state index contributed by atoms with van der Waals surface area (Å²) in [5.74, 6) is 0.680. The molecule has 13 heavy (non-hydrogen) atoms. The van der Waals surface area contributed by atoms with Crippen molar-refractivity contribution in [2.45, 2.75) is 44.6 Å². The van der Waals surface area contributed by atoms with Gasteiger partial charge in [-0.2, -0.15) is 5.26 Å². The summed E-state index contributed by atoms with van der Waals surface area (Å²) >= 11 is 0. The van der Waals surface area contributed by atoms with Gasteiger partial charge in [-0.1, -0.05) is 6.42 Å². The number of nitriles is 1. The van der Waals surface area contributed by atoms with Gasteiger partial charge in [-0.25, -0.2) is 0 Å². The number of hydrogen-bond acceptors (Lipinski definition) is 2. The van der Waals surface area contributed by atoms with Gasteiger partial charge in [0, 0.05) is 12.5 Å². The highest BCUT2D eigenvalue weighted by Crippen LogP contribution is 2.32. The third-order valence-electron chi connectivity index (χ3n) is 3.58. The Hall–Kier alpha value is -0.550. The zero-order chi connectivity index (χ0) is 9.10. The fraction of sp³-hybridized carbons (Fsp3) is 0.909. The van der Waals surface area contributed by atoms with Crippen LogP contribution in [0.3, 0.4) is 0 Å². The van der Waals surface area contributed by atoms with Crippen molar-refractivity contribution in [1.82, 2.24) is 4.90 Å². The van der Waals surface area contributed by atoms with E-state index < -0.39 is 0 Å². The summed E-state index contributed by atoms with van der Waals surface area (Å²) in [6, 6.07) is 3.10. The maximum atomic E-state index is 8.74. The average molecular weight is 178 g/mol. The minimum Gasteiger partial charge on any atom is -0.300 e. The molecule has 0 spiro atoms. The molecule has 2 saturated heterocycles. The van der Waals surface area contributed by atoms with Crippen LogP contribution in [0.15, 0.2) is 0 Å². The fourth-order valence-corrected chi connectivity index (χ4v) is 2.93. The Kier molecular flexibility index (Phi) is 2.85. The molecule has 0 aromatic heterocycles. The molecule has 2 nitrogen and oxygen atoms in total. The van der Waals surface area contributed by atoms with Gasteiger partial charge in [0.1, 0.15) is 0 Å². The maximum Gasteiger partial charge on any atom is 0.0625 e. The van der Waals surface area contributed by atoms with Crippen LogP contribution in [0.1, 0.15) is 38.5 Å². The van der Waals surface area contributed by atoms with E-state index in [4.69, 9.17) is 5.26 Å². The molecule has 0 aliphatic carbocycles. The number of hydrogen-bond donors (Lipinski definition) is 0. The van der Waals surface area contributed by atoms with E-state index >= 15 is 0 Å². The van der Waals surface area contributed by atoms with Gasteiger partial charge in [0.15, 0.2) is 0 Å². The van der Waals surface area contributed by atoms with Crippen molar-refractivity contribution in [3.63, 3.8) is 0 Å². The minimum absolute atomic E-state index is 0.680. The van der Waals surface area contributed by atoms with Crippen molar-refractivity contribution in [3.05, 3.63) is 0 Å². The van der Waals surface area contributed by atoms with Crippen LogP contribution in [0.5, 0.6) is 0 Å². The first-order chi connectivity index (χ1) is 6.42. The smallest absolute Gasteiger partial charge is 0.0625 e. The van der Waals surface area contributed by atoms with E-state index in [9.17, 15) is 0 Å². The summed E-state index contributed by atoms with van der Waals surface area (Å²) in [5, 5.41) is 8.74. The Morgan fingerprint density at radius 1 is 1.15 bits per heavy atom. The molecule has 2 atom stereocenters. The van der Waals surface area contributed by atoms with Gasteiger partial charge in [0.05, 0.1) is 6.07 Å². The Morgan fingerprint density at radius 3 is 2.85 bits per heavy atom. The van der Waals surface area contributed by atoms with E-state index in [0.717, 1.165) is 12.5 Å². The van der Waals surface area contributed by atoms with Gasteiger partial charge in [0.25, 0.3) is 0 Å². The topological polar surface area (TPSA) is 27.0 Å². The summed E-state index contributed by atoms with van der Waals surface area (Å²) < 4.78 is 0. The largest absolute Gasteiger partial charge is 0.300 e. The van der Waals surface area contributed by atoms with E-state index in [0.29, 0.717) is 5.92 Å². The molecule has 72 valence electrons. The minimum atomic E-state index is 0.680. The maximum absolute atomic E-state index is 8.74. The Morgan fingerprint density at radius 2 is 2.00 bits per heavy atom. The molecule has 0 amide bonds. The van der Waals surface area contributed by atoms with Crippen LogP contribution in [0, 0.1) is 17.2 Å².